The first-order valence-electron chi connectivity index (χ1n) is 10.1. The van der Waals surface area contributed by atoms with Gasteiger partial charge in [-0.25, -0.2) is 4.98 Å². The number of pyridine rings is 2. The first-order valence-corrected chi connectivity index (χ1v) is 10.1. The van der Waals surface area contributed by atoms with Gasteiger partial charge >= 0.3 is 0 Å². The number of rotatable bonds is 6. The van der Waals surface area contributed by atoms with Gasteiger partial charge in [0.25, 0.3) is 5.91 Å². The SMILES string of the molecule is COc1cccc(-c2ccc3cc(C(=O)NCc4ccccn4)c(-c4cocn4)n3c2)c1. The van der Waals surface area contributed by atoms with E-state index in [0.717, 1.165) is 28.1 Å². The quantitative estimate of drug-likeness (QED) is 0.431. The predicted octanol–water partition coefficient (Wildman–Crippen LogP) is 4.59. The third-order valence-corrected chi connectivity index (χ3v) is 5.25. The summed E-state index contributed by atoms with van der Waals surface area (Å²) in [5, 5.41) is 2.95. The van der Waals surface area contributed by atoms with E-state index in [1.165, 1.54) is 12.7 Å². The molecule has 0 aliphatic heterocycles. The molecule has 4 aromatic heterocycles. The fourth-order valence-corrected chi connectivity index (χ4v) is 3.68. The Hall–Kier alpha value is -4.39. The Morgan fingerprint density at radius 2 is 2.00 bits per heavy atom. The fourth-order valence-electron chi connectivity index (χ4n) is 3.68. The summed E-state index contributed by atoms with van der Waals surface area (Å²) in [6.45, 7) is 0.333. The van der Waals surface area contributed by atoms with E-state index in [0.29, 0.717) is 23.5 Å². The van der Waals surface area contributed by atoms with Crippen molar-refractivity contribution in [3.63, 3.8) is 0 Å². The molecule has 0 saturated carbocycles. The van der Waals surface area contributed by atoms with Crippen molar-refractivity contribution >= 4 is 11.4 Å². The molecule has 0 bridgehead atoms. The molecule has 1 N–H and O–H groups in total. The molecule has 7 heteroatoms. The van der Waals surface area contributed by atoms with Crippen molar-refractivity contribution in [3.8, 4) is 28.3 Å². The number of nitrogens with one attached hydrogen (secondary N) is 1. The summed E-state index contributed by atoms with van der Waals surface area (Å²) < 4.78 is 12.5. The van der Waals surface area contributed by atoms with Gasteiger partial charge < -0.3 is 18.9 Å². The van der Waals surface area contributed by atoms with E-state index >= 15 is 0 Å². The van der Waals surface area contributed by atoms with Crippen LogP contribution in [0.3, 0.4) is 0 Å². The third-order valence-electron chi connectivity index (χ3n) is 5.25. The molecular formula is C25H20N4O3. The lowest BCUT2D eigenvalue weighted by molar-refractivity contribution is 0.0951. The van der Waals surface area contributed by atoms with Crippen LogP contribution in [0, 0.1) is 0 Å². The van der Waals surface area contributed by atoms with Crippen molar-refractivity contribution in [3.05, 3.63) is 97.0 Å². The number of amides is 1. The van der Waals surface area contributed by atoms with Gasteiger partial charge in [0.1, 0.15) is 17.7 Å². The van der Waals surface area contributed by atoms with Gasteiger partial charge in [0.2, 0.25) is 0 Å². The smallest absolute Gasteiger partial charge is 0.253 e. The standard InChI is InChI=1S/C25H20N4O3/c1-31-21-7-4-5-17(11-21)18-8-9-20-12-22(24(29(20)14-18)23-15-32-16-28-23)25(30)27-13-19-6-2-3-10-26-19/h2-12,14-16H,13H2,1H3,(H,27,30). The van der Waals surface area contributed by atoms with Crippen molar-refractivity contribution < 1.29 is 13.9 Å². The second-order valence-electron chi connectivity index (χ2n) is 7.23. The summed E-state index contributed by atoms with van der Waals surface area (Å²) in [7, 11) is 1.65. The molecule has 0 unspecified atom stereocenters. The number of oxazole rings is 1. The van der Waals surface area contributed by atoms with E-state index in [1.54, 1.807) is 13.3 Å². The summed E-state index contributed by atoms with van der Waals surface area (Å²) in [5.41, 5.74) is 5.40. The number of aromatic nitrogens is 3. The van der Waals surface area contributed by atoms with Gasteiger partial charge in [-0.1, -0.05) is 24.3 Å². The van der Waals surface area contributed by atoms with Crippen LogP contribution in [0.1, 0.15) is 16.1 Å². The number of benzene rings is 1. The molecule has 1 amide bonds. The lowest BCUT2D eigenvalue weighted by Gasteiger charge is -2.08. The van der Waals surface area contributed by atoms with E-state index in [2.05, 4.69) is 15.3 Å². The van der Waals surface area contributed by atoms with Crippen LogP contribution >= 0.6 is 0 Å². The van der Waals surface area contributed by atoms with Crippen molar-refractivity contribution in [2.24, 2.45) is 0 Å². The summed E-state index contributed by atoms with van der Waals surface area (Å²) in [5.74, 6) is 0.571. The second-order valence-corrected chi connectivity index (χ2v) is 7.23. The number of carbonyl (C=O) groups is 1. The number of ether oxygens (including phenoxy) is 1. The fraction of sp³-hybridized carbons (Fsp3) is 0.0800. The molecule has 4 heterocycles. The third kappa shape index (κ3) is 3.72. The molecule has 5 aromatic rings. The van der Waals surface area contributed by atoms with E-state index in [4.69, 9.17) is 9.15 Å². The van der Waals surface area contributed by atoms with Crippen LogP contribution in [-0.2, 0) is 6.54 Å². The highest BCUT2D eigenvalue weighted by molar-refractivity contribution is 6.02. The number of hydrogen-bond donors (Lipinski definition) is 1. The Balaban J connectivity index is 1.57. The number of methoxy groups -OCH3 is 1. The van der Waals surface area contributed by atoms with Crippen LogP contribution in [0.25, 0.3) is 28.0 Å². The first kappa shape index (κ1) is 19.6. The van der Waals surface area contributed by atoms with Crippen LogP contribution in [0.4, 0.5) is 0 Å². The molecule has 0 aliphatic carbocycles. The van der Waals surface area contributed by atoms with Crippen molar-refractivity contribution in [2.45, 2.75) is 6.54 Å². The van der Waals surface area contributed by atoms with Gasteiger partial charge in [-0.15, -0.1) is 0 Å². The highest BCUT2D eigenvalue weighted by Gasteiger charge is 2.20. The molecule has 5 rings (SSSR count). The summed E-state index contributed by atoms with van der Waals surface area (Å²) in [6, 6.07) is 19.3. The van der Waals surface area contributed by atoms with E-state index in [-0.39, 0.29) is 5.91 Å². The lowest BCUT2D eigenvalue weighted by Crippen LogP contribution is -2.23. The Morgan fingerprint density at radius 1 is 1.06 bits per heavy atom. The zero-order valence-electron chi connectivity index (χ0n) is 17.4. The molecule has 0 atom stereocenters. The minimum atomic E-state index is -0.208. The van der Waals surface area contributed by atoms with Gasteiger partial charge in [-0.2, -0.15) is 0 Å². The molecule has 1 aromatic carbocycles. The van der Waals surface area contributed by atoms with Crippen LogP contribution in [-0.4, -0.2) is 27.4 Å². The molecule has 0 radical (unpaired) electrons. The van der Waals surface area contributed by atoms with Gasteiger partial charge in [0.15, 0.2) is 6.39 Å². The molecule has 32 heavy (non-hydrogen) atoms. The number of fused-ring (bicyclic) bond motifs is 1. The average Bonchev–Trinajstić information content (AvgIpc) is 3.50. The maximum absolute atomic E-state index is 13.1. The monoisotopic (exact) mass is 424 g/mol. The van der Waals surface area contributed by atoms with E-state index in [1.807, 2.05) is 71.3 Å². The minimum absolute atomic E-state index is 0.208. The van der Waals surface area contributed by atoms with Crippen LogP contribution in [0.5, 0.6) is 5.75 Å². The van der Waals surface area contributed by atoms with Gasteiger partial charge in [0, 0.05) is 17.9 Å². The van der Waals surface area contributed by atoms with Gasteiger partial charge in [0.05, 0.1) is 30.6 Å². The van der Waals surface area contributed by atoms with Gasteiger partial charge in [-0.3, -0.25) is 9.78 Å². The molecule has 0 fully saturated rings. The van der Waals surface area contributed by atoms with E-state index < -0.39 is 0 Å². The second kappa shape index (κ2) is 8.39. The molecule has 0 aliphatic rings. The predicted molar refractivity (Wildman–Crippen MR) is 120 cm³/mol. The number of nitrogens with zero attached hydrogens (tertiary/aromatic N) is 3. The molecule has 7 nitrogen and oxygen atoms in total. The highest BCUT2D eigenvalue weighted by Crippen LogP contribution is 2.30. The van der Waals surface area contributed by atoms with E-state index in [9.17, 15) is 4.79 Å². The molecule has 158 valence electrons. The summed E-state index contributed by atoms with van der Waals surface area (Å²) in [4.78, 5) is 21.7. The summed E-state index contributed by atoms with van der Waals surface area (Å²) in [6.07, 6.45) is 6.59. The zero-order chi connectivity index (χ0) is 21.9. The normalized spacial score (nSPS) is 10.9. The summed E-state index contributed by atoms with van der Waals surface area (Å²) >= 11 is 0. The Bertz CT molecular complexity index is 1380. The maximum atomic E-state index is 13.1. The van der Waals surface area contributed by atoms with Gasteiger partial charge in [-0.05, 0) is 47.5 Å². The van der Waals surface area contributed by atoms with Crippen LogP contribution in [0.15, 0.2) is 90.1 Å². The number of carbonyl (C=O) groups excluding carboxylic acids is 1. The molecule has 0 saturated heterocycles. The van der Waals surface area contributed by atoms with Crippen molar-refractivity contribution in [1.29, 1.82) is 0 Å². The van der Waals surface area contributed by atoms with Crippen molar-refractivity contribution in [2.75, 3.05) is 7.11 Å². The number of hydrogen-bond acceptors (Lipinski definition) is 5. The first-order chi connectivity index (χ1) is 15.7. The zero-order valence-corrected chi connectivity index (χ0v) is 17.4. The Morgan fingerprint density at radius 3 is 2.78 bits per heavy atom. The molecule has 0 spiro atoms. The topological polar surface area (TPSA) is 81.7 Å². The largest absolute Gasteiger partial charge is 0.497 e. The maximum Gasteiger partial charge on any atom is 0.253 e. The van der Waals surface area contributed by atoms with Crippen LogP contribution < -0.4 is 10.1 Å². The lowest BCUT2D eigenvalue weighted by atomic mass is 10.1. The Labute approximate surface area is 184 Å². The minimum Gasteiger partial charge on any atom is -0.497 e. The average molecular weight is 424 g/mol. The Kier molecular flexibility index (Phi) is 5.13. The molecular weight excluding hydrogens is 404 g/mol. The van der Waals surface area contributed by atoms with Crippen LogP contribution in [0.2, 0.25) is 0 Å². The highest BCUT2D eigenvalue weighted by atomic mass is 16.5. The van der Waals surface area contributed by atoms with Crippen molar-refractivity contribution in [1.82, 2.24) is 19.7 Å².